The van der Waals surface area contributed by atoms with Gasteiger partial charge in [0, 0.05) is 23.7 Å². The van der Waals surface area contributed by atoms with Crippen LogP contribution in [0.3, 0.4) is 0 Å². The van der Waals surface area contributed by atoms with Crippen molar-refractivity contribution in [3.63, 3.8) is 0 Å². The summed E-state index contributed by atoms with van der Waals surface area (Å²) < 4.78 is 7.16. The molecular weight excluding hydrogens is 376 g/mol. The van der Waals surface area contributed by atoms with Gasteiger partial charge in [-0.05, 0) is 47.9 Å². The van der Waals surface area contributed by atoms with Crippen molar-refractivity contribution < 1.29 is 9.84 Å². The van der Waals surface area contributed by atoms with Gasteiger partial charge in [0.15, 0.2) is 5.82 Å². The van der Waals surface area contributed by atoms with Crippen molar-refractivity contribution in [3.8, 4) is 5.75 Å². The van der Waals surface area contributed by atoms with Gasteiger partial charge in [0.2, 0.25) is 5.95 Å². The number of benzene rings is 2. The van der Waals surface area contributed by atoms with E-state index in [0.717, 1.165) is 22.6 Å². The largest absolute Gasteiger partial charge is 0.497 e. The van der Waals surface area contributed by atoms with Crippen molar-refractivity contribution in [2.45, 2.75) is 18.9 Å². The van der Waals surface area contributed by atoms with Gasteiger partial charge in [-0.1, -0.05) is 35.9 Å². The first kappa shape index (κ1) is 18.5. The van der Waals surface area contributed by atoms with Crippen molar-refractivity contribution in [1.29, 1.82) is 0 Å². The Balaban J connectivity index is 1.75. The number of anilines is 1. The van der Waals surface area contributed by atoms with Crippen LogP contribution in [-0.4, -0.2) is 33.6 Å². The second kappa shape index (κ2) is 8.04. The lowest BCUT2D eigenvalue weighted by molar-refractivity contribution is 0.287. The van der Waals surface area contributed by atoms with E-state index in [-0.39, 0.29) is 12.6 Å². The van der Waals surface area contributed by atoms with Crippen LogP contribution in [-0.2, 0) is 6.42 Å². The average molecular weight is 397 g/mol. The molecule has 2 aromatic carbocycles. The van der Waals surface area contributed by atoms with Crippen LogP contribution in [0.25, 0.3) is 5.70 Å². The molecule has 1 aliphatic heterocycles. The molecule has 2 heterocycles. The van der Waals surface area contributed by atoms with Crippen molar-refractivity contribution in [3.05, 3.63) is 76.6 Å². The monoisotopic (exact) mass is 396 g/mol. The number of aromatic nitrogens is 3. The highest BCUT2D eigenvalue weighted by Crippen LogP contribution is 2.33. The smallest absolute Gasteiger partial charge is 0.226 e. The summed E-state index contributed by atoms with van der Waals surface area (Å²) in [5.74, 6) is 2.20. The normalized spacial score (nSPS) is 15.5. The SMILES string of the molecule is COc1ccc([C@@H]2C=C(c3ccc(Cl)cc3)Nc3nc(CCCO)nn32)cc1. The van der Waals surface area contributed by atoms with Gasteiger partial charge in [-0.2, -0.15) is 10.1 Å². The number of hydrogen-bond donors (Lipinski definition) is 2. The van der Waals surface area contributed by atoms with Crippen LogP contribution in [0.1, 0.15) is 29.4 Å². The molecule has 0 radical (unpaired) electrons. The number of fused-ring (bicyclic) bond motifs is 1. The highest BCUT2D eigenvalue weighted by Gasteiger charge is 2.25. The van der Waals surface area contributed by atoms with Gasteiger partial charge in [0.1, 0.15) is 11.8 Å². The van der Waals surface area contributed by atoms with E-state index in [4.69, 9.17) is 21.4 Å². The number of nitrogens with zero attached hydrogens (tertiary/aromatic N) is 3. The summed E-state index contributed by atoms with van der Waals surface area (Å²) in [7, 11) is 1.65. The Morgan fingerprint density at radius 2 is 1.89 bits per heavy atom. The van der Waals surface area contributed by atoms with Crippen LogP contribution < -0.4 is 10.1 Å². The van der Waals surface area contributed by atoms with Crippen molar-refractivity contribution in [2.24, 2.45) is 0 Å². The first-order valence-corrected chi connectivity index (χ1v) is 9.51. The molecule has 1 aromatic heterocycles. The van der Waals surface area contributed by atoms with Gasteiger partial charge in [0.05, 0.1) is 7.11 Å². The molecule has 6 nitrogen and oxygen atoms in total. The van der Waals surface area contributed by atoms with E-state index in [9.17, 15) is 0 Å². The molecule has 0 aliphatic carbocycles. The summed E-state index contributed by atoms with van der Waals surface area (Å²) in [6.07, 6.45) is 3.39. The molecule has 28 heavy (non-hydrogen) atoms. The fourth-order valence-electron chi connectivity index (χ4n) is 3.22. The van der Waals surface area contributed by atoms with Gasteiger partial charge in [0.25, 0.3) is 0 Å². The zero-order chi connectivity index (χ0) is 19.5. The molecule has 0 unspecified atom stereocenters. The highest BCUT2D eigenvalue weighted by molar-refractivity contribution is 6.30. The summed E-state index contributed by atoms with van der Waals surface area (Å²) in [6, 6.07) is 15.5. The second-order valence-electron chi connectivity index (χ2n) is 6.55. The number of aryl methyl sites for hydroxylation is 1. The van der Waals surface area contributed by atoms with Gasteiger partial charge < -0.3 is 15.2 Å². The molecule has 3 aromatic rings. The number of aliphatic hydroxyl groups excluding tert-OH is 1. The molecule has 1 atom stereocenters. The quantitative estimate of drug-likeness (QED) is 0.660. The van der Waals surface area contributed by atoms with Gasteiger partial charge >= 0.3 is 0 Å². The van der Waals surface area contributed by atoms with Crippen LogP contribution in [0.5, 0.6) is 5.75 Å². The average Bonchev–Trinajstić information content (AvgIpc) is 3.15. The van der Waals surface area contributed by atoms with E-state index in [1.54, 1.807) is 7.11 Å². The Morgan fingerprint density at radius 1 is 1.14 bits per heavy atom. The lowest BCUT2D eigenvalue weighted by Crippen LogP contribution is -2.20. The summed E-state index contributed by atoms with van der Waals surface area (Å²) in [6.45, 7) is 0.119. The molecule has 2 N–H and O–H groups in total. The molecule has 0 fully saturated rings. The number of halogens is 1. The zero-order valence-corrected chi connectivity index (χ0v) is 16.2. The first-order chi connectivity index (χ1) is 13.7. The minimum absolute atomic E-state index is 0.108. The summed E-state index contributed by atoms with van der Waals surface area (Å²) in [4.78, 5) is 4.63. The zero-order valence-electron chi connectivity index (χ0n) is 15.5. The van der Waals surface area contributed by atoms with E-state index in [2.05, 4.69) is 21.5 Å². The maximum absolute atomic E-state index is 9.11. The highest BCUT2D eigenvalue weighted by atomic mass is 35.5. The maximum atomic E-state index is 9.11. The Bertz CT molecular complexity index is 981. The van der Waals surface area contributed by atoms with Crippen molar-refractivity contribution >= 4 is 23.2 Å². The second-order valence-corrected chi connectivity index (χ2v) is 6.99. The first-order valence-electron chi connectivity index (χ1n) is 9.13. The van der Waals surface area contributed by atoms with Crippen LogP contribution in [0.15, 0.2) is 54.6 Å². The molecule has 7 heteroatoms. The Labute approximate surface area is 168 Å². The number of allylic oxidation sites excluding steroid dienone is 1. The van der Waals surface area contributed by atoms with Crippen molar-refractivity contribution in [1.82, 2.24) is 14.8 Å². The van der Waals surface area contributed by atoms with Crippen molar-refractivity contribution in [2.75, 3.05) is 19.0 Å². The lowest BCUT2D eigenvalue weighted by Gasteiger charge is -2.24. The third-order valence-corrected chi connectivity index (χ3v) is 4.93. The third-order valence-electron chi connectivity index (χ3n) is 4.68. The molecule has 0 saturated carbocycles. The molecule has 0 bridgehead atoms. The molecule has 4 rings (SSSR count). The van der Waals surface area contributed by atoms with Crippen LogP contribution >= 0.6 is 11.6 Å². The summed E-state index contributed by atoms with van der Waals surface area (Å²) >= 11 is 6.04. The van der Waals surface area contributed by atoms with Gasteiger partial charge in [-0.15, -0.1) is 0 Å². The predicted molar refractivity (Wildman–Crippen MR) is 110 cm³/mol. The van der Waals surface area contributed by atoms with E-state index < -0.39 is 0 Å². The number of ether oxygens (including phenoxy) is 1. The van der Waals surface area contributed by atoms with E-state index in [1.165, 1.54) is 0 Å². The fraction of sp³-hybridized carbons (Fsp3) is 0.238. The van der Waals surface area contributed by atoms with Gasteiger partial charge in [-0.25, -0.2) is 4.68 Å². The molecular formula is C21H21ClN4O2. The number of methoxy groups -OCH3 is 1. The number of aliphatic hydroxyl groups is 1. The van der Waals surface area contributed by atoms with E-state index in [0.29, 0.717) is 29.6 Å². The topological polar surface area (TPSA) is 72.2 Å². The minimum Gasteiger partial charge on any atom is -0.497 e. The molecule has 144 valence electrons. The Kier molecular flexibility index (Phi) is 5.32. The Hall–Kier alpha value is -2.83. The molecule has 0 spiro atoms. The van der Waals surface area contributed by atoms with Gasteiger partial charge in [-0.3, -0.25) is 0 Å². The van der Waals surface area contributed by atoms with Crippen LogP contribution in [0, 0.1) is 0 Å². The third kappa shape index (κ3) is 3.74. The number of hydrogen-bond acceptors (Lipinski definition) is 5. The molecule has 0 saturated heterocycles. The van der Waals surface area contributed by atoms with Crippen LogP contribution in [0.4, 0.5) is 5.95 Å². The van der Waals surface area contributed by atoms with E-state index >= 15 is 0 Å². The van der Waals surface area contributed by atoms with E-state index in [1.807, 2.05) is 53.2 Å². The lowest BCUT2D eigenvalue weighted by atomic mass is 10.0. The standard InChI is InChI=1S/C21H21ClN4O2/c1-28-17-10-6-15(7-11-17)19-13-18(14-4-8-16(22)9-5-14)23-21-24-20(3-2-12-27)25-26(19)21/h4-11,13,19,27H,2-3,12H2,1H3,(H,23,24,25)/t19-/m0/s1. The molecule has 1 aliphatic rings. The molecule has 0 amide bonds. The number of rotatable bonds is 6. The number of nitrogens with one attached hydrogen (secondary N) is 1. The summed E-state index contributed by atoms with van der Waals surface area (Å²) in [5.41, 5.74) is 3.05. The maximum Gasteiger partial charge on any atom is 0.226 e. The minimum atomic E-state index is -0.108. The van der Waals surface area contributed by atoms with Crippen LogP contribution in [0.2, 0.25) is 5.02 Å². The summed E-state index contributed by atoms with van der Waals surface area (Å²) in [5, 5.41) is 17.8. The Morgan fingerprint density at radius 3 is 2.57 bits per heavy atom. The fourth-order valence-corrected chi connectivity index (χ4v) is 3.34. The predicted octanol–water partition coefficient (Wildman–Crippen LogP) is 3.92.